The summed E-state index contributed by atoms with van der Waals surface area (Å²) in [5.74, 6) is -1.61. The van der Waals surface area contributed by atoms with Crippen LogP contribution in [0, 0.1) is 50.2 Å². The van der Waals surface area contributed by atoms with Crippen LogP contribution in [-0.2, 0) is 52.3 Å². The zero-order valence-electron chi connectivity index (χ0n) is 41.2. The van der Waals surface area contributed by atoms with Crippen molar-refractivity contribution in [3.05, 3.63) is 11.6 Å². The minimum absolute atomic E-state index is 0.0116. The third-order valence-electron chi connectivity index (χ3n) is 19.2. The molecule has 18 heteroatoms. The molecule has 0 bridgehead atoms. The zero-order valence-corrected chi connectivity index (χ0v) is 41.2. The highest BCUT2D eigenvalue weighted by Crippen LogP contribution is 2.76. The van der Waals surface area contributed by atoms with Gasteiger partial charge < -0.3 is 73.6 Å². The molecule has 386 valence electrons. The Morgan fingerprint density at radius 3 is 2.06 bits per heavy atom. The lowest BCUT2D eigenvalue weighted by Gasteiger charge is -2.71. The molecule has 0 aromatic rings. The number of carboxylic acids is 1. The molecule has 0 aromatic carbocycles. The molecule has 0 aromatic heterocycles. The number of hydrogen-bond donors (Lipinski definition) is 7. The smallest absolute Gasteiger partial charge is 0.310 e. The first-order valence-corrected chi connectivity index (χ1v) is 24.9. The summed E-state index contributed by atoms with van der Waals surface area (Å²) in [5.41, 5.74) is -0.752. The van der Waals surface area contributed by atoms with Gasteiger partial charge in [0.25, 0.3) is 0 Å². The van der Waals surface area contributed by atoms with E-state index in [0.29, 0.717) is 19.3 Å². The number of allylic oxidation sites excluding steroid dienone is 2. The van der Waals surface area contributed by atoms with Crippen molar-refractivity contribution in [3.63, 3.8) is 0 Å². The lowest BCUT2D eigenvalue weighted by Crippen LogP contribution is -2.67. The molecule has 4 saturated carbocycles. The number of esters is 2. The van der Waals surface area contributed by atoms with Gasteiger partial charge >= 0.3 is 17.9 Å². The predicted molar refractivity (Wildman–Crippen MR) is 238 cm³/mol. The fourth-order valence-corrected chi connectivity index (χ4v) is 15.1. The van der Waals surface area contributed by atoms with Gasteiger partial charge in [0.1, 0.15) is 48.8 Å². The maximum atomic E-state index is 13.2. The summed E-state index contributed by atoms with van der Waals surface area (Å²) < 4.78 is 47.5. The van der Waals surface area contributed by atoms with Gasteiger partial charge in [-0.15, -0.1) is 0 Å². The standard InChI is InChI=1S/C50H78O18/c1-24-34(54)39(67-41-37(57)36(56)30(22-62-41)65-26(3)52)38(58)42(64-24)68-40-35(55)29(53)21-61-43(40)66-33-13-14-46(6)31(47(33,7)23-63-25(2)51)12-15-49(9)32(46)11-10-27-28-20-45(4,5)16-18-50(28,44(59)60)19-17-48(27,49)8/h10,24,28-43,53-58H,11-23H2,1-9H3,(H,59,60)/t24-,28+,29-,30-,31+,32+,33-,34-,35+,36+,37-,38-,39+,40-,41+,42+,43+,46-,47-,48+,49+,50+/m0/s1. The fraction of sp³-hybridized carbons (Fsp3) is 0.900. The second kappa shape index (κ2) is 18.6. The zero-order chi connectivity index (χ0) is 49.7. The third kappa shape index (κ3) is 8.58. The van der Waals surface area contributed by atoms with E-state index in [9.17, 15) is 50.1 Å². The first kappa shape index (κ1) is 52.0. The SMILES string of the molecule is CC(=O)OC[C@@]1(C)[C@@H]2CC[C@]3(C)[C@H](CC=C4[C@H]5CC(C)(C)CC[C@@]5(C(=O)O)CC[C@]43C)[C@@]2(C)CC[C@@H]1O[C@H]1OC[C@H](O)[C@@H](O)[C@@H]1O[C@H]1O[C@@H](C)[C@H](O)[C@@H](O[C@H]2OC[C@H](OC(C)=O)[C@@H](O)[C@@H]2O)[C@@H]1O. The molecule has 0 unspecified atom stereocenters. The topological polar surface area (TPSA) is 267 Å². The monoisotopic (exact) mass is 967 g/mol. The van der Waals surface area contributed by atoms with E-state index < -0.39 is 115 Å². The summed E-state index contributed by atoms with van der Waals surface area (Å²) >= 11 is 0. The van der Waals surface area contributed by atoms with E-state index in [1.54, 1.807) is 0 Å². The van der Waals surface area contributed by atoms with Gasteiger partial charge in [-0.05, 0) is 111 Å². The average molecular weight is 967 g/mol. The molecular weight excluding hydrogens is 889 g/mol. The fourth-order valence-electron chi connectivity index (χ4n) is 15.1. The first-order chi connectivity index (χ1) is 31.7. The molecule has 5 aliphatic carbocycles. The number of hydrogen-bond acceptors (Lipinski definition) is 17. The van der Waals surface area contributed by atoms with Crippen LogP contribution in [0.1, 0.15) is 127 Å². The number of fused-ring (bicyclic) bond motifs is 7. The number of aliphatic hydroxyl groups is 6. The highest BCUT2D eigenvalue weighted by atomic mass is 16.8. The number of carboxylic acid groups (broad SMARTS) is 1. The van der Waals surface area contributed by atoms with Crippen molar-refractivity contribution in [1.82, 2.24) is 0 Å². The molecule has 0 spiro atoms. The molecule has 7 N–H and O–H groups in total. The first-order valence-electron chi connectivity index (χ1n) is 24.9. The van der Waals surface area contributed by atoms with Crippen LogP contribution in [0.15, 0.2) is 11.6 Å². The molecule has 3 aliphatic heterocycles. The largest absolute Gasteiger partial charge is 0.481 e. The molecule has 8 aliphatic rings. The van der Waals surface area contributed by atoms with E-state index in [2.05, 4.69) is 47.6 Å². The van der Waals surface area contributed by atoms with Crippen LogP contribution in [0.2, 0.25) is 0 Å². The third-order valence-corrected chi connectivity index (χ3v) is 19.2. The molecule has 0 amide bonds. The molecule has 68 heavy (non-hydrogen) atoms. The van der Waals surface area contributed by atoms with Crippen LogP contribution in [0.25, 0.3) is 0 Å². The minimum atomic E-state index is -1.78. The number of aliphatic hydroxyl groups excluding tert-OH is 6. The lowest BCUT2D eigenvalue weighted by atomic mass is 9.33. The van der Waals surface area contributed by atoms with Crippen LogP contribution < -0.4 is 0 Å². The van der Waals surface area contributed by atoms with Crippen LogP contribution in [0.5, 0.6) is 0 Å². The van der Waals surface area contributed by atoms with Crippen molar-refractivity contribution in [1.29, 1.82) is 0 Å². The van der Waals surface area contributed by atoms with Gasteiger partial charge in [0.15, 0.2) is 25.0 Å². The Bertz CT molecular complexity index is 1930. The Kier molecular flexibility index (Phi) is 14.2. The number of carbonyl (C=O) groups excluding carboxylic acids is 2. The van der Waals surface area contributed by atoms with E-state index in [0.717, 1.165) is 51.9 Å². The average Bonchev–Trinajstić information content (AvgIpc) is 3.26. The maximum absolute atomic E-state index is 13.2. The van der Waals surface area contributed by atoms with Crippen molar-refractivity contribution in [2.75, 3.05) is 19.8 Å². The molecule has 22 atom stereocenters. The van der Waals surface area contributed by atoms with Gasteiger partial charge in [0.05, 0.1) is 37.4 Å². The van der Waals surface area contributed by atoms with Gasteiger partial charge in [0, 0.05) is 19.3 Å². The lowest BCUT2D eigenvalue weighted by molar-refractivity contribution is -0.379. The minimum Gasteiger partial charge on any atom is -0.481 e. The van der Waals surface area contributed by atoms with Gasteiger partial charge in [-0.3, -0.25) is 14.4 Å². The second-order valence-corrected chi connectivity index (χ2v) is 23.6. The predicted octanol–water partition coefficient (Wildman–Crippen LogP) is 3.13. The van der Waals surface area contributed by atoms with Crippen molar-refractivity contribution in [3.8, 4) is 0 Å². The van der Waals surface area contributed by atoms with Crippen LogP contribution in [-0.4, -0.2) is 159 Å². The molecule has 18 nitrogen and oxygen atoms in total. The number of ether oxygens (including phenoxy) is 8. The van der Waals surface area contributed by atoms with Crippen LogP contribution >= 0.6 is 0 Å². The summed E-state index contributed by atoms with van der Waals surface area (Å²) in [6, 6.07) is 0. The van der Waals surface area contributed by atoms with E-state index in [1.165, 1.54) is 19.4 Å². The van der Waals surface area contributed by atoms with Crippen molar-refractivity contribution >= 4 is 17.9 Å². The second-order valence-electron chi connectivity index (χ2n) is 23.6. The van der Waals surface area contributed by atoms with Crippen LogP contribution in [0.4, 0.5) is 0 Å². The molecular formula is C50H78O18. The number of rotatable bonds is 10. The summed E-state index contributed by atoms with van der Waals surface area (Å²) in [6.07, 6.45) is -9.89. The quantitative estimate of drug-likeness (QED) is 0.0942. The van der Waals surface area contributed by atoms with Crippen molar-refractivity contribution < 1.29 is 88.0 Å². The molecule has 0 radical (unpaired) electrons. The molecule has 3 heterocycles. The molecule has 8 rings (SSSR count). The van der Waals surface area contributed by atoms with Gasteiger partial charge in [0.2, 0.25) is 0 Å². The van der Waals surface area contributed by atoms with Crippen molar-refractivity contribution in [2.45, 2.75) is 213 Å². The van der Waals surface area contributed by atoms with E-state index in [4.69, 9.17) is 37.9 Å². The summed E-state index contributed by atoms with van der Waals surface area (Å²) in [7, 11) is 0. The Morgan fingerprint density at radius 2 is 1.38 bits per heavy atom. The summed E-state index contributed by atoms with van der Waals surface area (Å²) in [6.45, 7) is 17.2. The van der Waals surface area contributed by atoms with Crippen molar-refractivity contribution in [2.24, 2.45) is 50.2 Å². The Balaban J connectivity index is 1.03. The highest BCUT2D eigenvalue weighted by Gasteiger charge is 2.70. The number of aliphatic carboxylic acids is 1. The molecule has 3 saturated heterocycles. The Labute approximate surface area is 399 Å². The van der Waals surface area contributed by atoms with Crippen LogP contribution in [0.3, 0.4) is 0 Å². The highest BCUT2D eigenvalue weighted by molar-refractivity contribution is 5.76. The van der Waals surface area contributed by atoms with Gasteiger partial charge in [-0.2, -0.15) is 0 Å². The maximum Gasteiger partial charge on any atom is 0.310 e. The van der Waals surface area contributed by atoms with E-state index in [1.807, 2.05) is 0 Å². The Hall–Kier alpha value is -2.33. The Morgan fingerprint density at radius 1 is 0.706 bits per heavy atom. The summed E-state index contributed by atoms with van der Waals surface area (Å²) in [5, 5.41) is 77.5. The number of carbonyl (C=O) groups is 3. The molecule has 7 fully saturated rings. The van der Waals surface area contributed by atoms with Gasteiger partial charge in [-0.1, -0.05) is 53.2 Å². The van der Waals surface area contributed by atoms with E-state index in [-0.39, 0.29) is 59.2 Å². The van der Waals surface area contributed by atoms with E-state index >= 15 is 0 Å². The van der Waals surface area contributed by atoms with Gasteiger partial charge in [-0.25, -0.2) is 0 Å². The summed E-state index contributed by atoms with van der Waals surface area (Å²) in [4.78, 5) is 37.3. The normalized spacial score (nSPS) is 51.1.